The van der Waals surface area contributed by atoms with Crippen molar-refractivity contribution in [1.29, 1.82) is 0 Å². The van der Waals surface area contributed by atoms with E-state index in [0.717, 1.165) is 32.4 Å². The molecular weight excluding hydrogens is 254 g/mol. The molecule has 1 unspecified atom stereocenters. The van der Waals surface area contributed by atoms with Crippen molar-refractivity contribution in [3.8, 4) is 0 Å². The molecule has 1 saturated heterocycles. The van der Waals surface area contributed by atoms with E-state index in [0.29, 0.717) is 13.2 Å². The van der Waals surface area contributed by atoms with E-state index in [1.807, 2.05) is 6.07 Å². The zero-order valence-corrected chi connectivity index (χ0v) is 12.1. The van der Waals surface area contributed by atoms with Crippen molar-refractivity contribution >= 4 is 5.97 Å². The highest BCUT2D eigenvalue weighted by Gasteiger charge is 2.29. The van der Waals surface area contributed by atoms with Crippen LogP contribution in [0.3, 0.4) is 0 Å². The number of carbonyl (C=O) groups excluding carboxylic acids is 1. The van der Waals surface area contributed by atoms with Gasteiger partial charge >= 0.3 is 5.97 Å². The van der Waals surface area contributed by atoms with Crippen LogP contribution in [0.5, 0.6) is 0 Å². The molecule has 0 aliphatic carbocycles. The summed E-state index contributed by atoms with van der Waals surface area (Å²) in [7, 11) is 1.44. The number of carbonyl (C=O) groups is 1. The van der Waals surface area contributed by atoms with Crippen LogP contribution in [0, 0.1) is 0 Å². The summed E-state index contributed by atoms with van der Waals surface area (Å²) in [5.41, 5.74) is 1.37. The Bertz CT molecular complexity index is 407. The number of ether oxygens (including phenoxy) is 2. The van der Waals surface area contributed by atoms with Crippen LogP contribution in [0.25, 0.3) is 0 Å². The van der Waals surface area contributed by atoms with Crippen LogP contribution in [0.4, 0.5) is 0 Å². The number of methoxy groups -OCH3 is 1. The zero-order chi connectivity index (χ0) is 14.2. The van der Waals surface area contributed by atoms with E-state index in [9.17, 15) is 4.79 Å². The quantitative estimate of drug-likeness (QED) is 0.588. The molecule has 2 rings (SSSR count). The van der Waals surface area contributed by atoms with Gasteiger partial charge in [0.2, 0.25) is 0 Å². The van der Waals surface area contributed by atoms with Crippen molar-refractivity contribution in [2.45, 2.75) is 25.3 Å². The number of aryl methyl sites for hydroxylation is 1. The third-order valence-electron chi connectivity index (χ3n) is 3.72. The summed E-state index contributed by atoms with van der Waals surface area (Å²) in [5, 5.41) is 0. The van der Waals surface area contributed by atoms with Gasteiger partial charge in [-0.2, -0.15) is 0 Å². The Labute approximate surface area is 120 Å². The maximum absolute atomic E-state index is 11.7. The minimum absolute atomic E-state index is 0.187. The molecule has 0 aromatic heterocycles. The average Bonchev–Trinajstić information content (AvgIpc) is 2.52. The zero-order valence-electron chi connectivity index (χ0n) is 12.1. The number of nitrogens with zero attached hydrogens (tertiary/aromatic N) is 1. The molecule has 4 heteroatoms. The summed E-state index contributed by atoms with van der Waals surface area (Å²) < 4.78 is 10.2. The molecule has 1 heterocycles. The minimum Gasteiger partial charge on any atom is -0.468 e. The molecule has 0 saturated carbocycles. The first kappa shape index (κ1) is 15.0. The molecule has 110 valence electrons. The van der Waals surface area contributed by atoms with E-state index in [1.54, 1.807) is 0 Å². The number of benzene rings is 1. The Morgan fingerprint density at radius 1 is 1.35 bits per heavy atom. The van der Waals surface area contributed by atoms with Crippen LogP contribution < -0.4 is 0 Å². The predicted molar refractivity (Wildman–Crippen MR) is 77.6 cm³/mol. The molecule has 0 amide bonds. The fourth-order valence-corrected chi connectivity index (χ4v) is 2.55. The Morgan fingerprint density at radius 3 is 2.90 bits per heavy atom. The van der Waals surface area contributed by atoms with Gasteiger partial charge in [0.15, 0.2) is 0 Å². The summed E-state index contributed by atoms with van der Waals surface area (Å²) in [4.78, 5) is 13.9. The first-order valence-corrected chi connectivity index (χ1v) is 7.25. The number of morpholine rings is 1. The average molecular weight is 277 g/mol. The van der Waals surface area contributed by atoms with Gasteiger partial charge in [0.05, 0.1) is 20.3 Å². The van der Waals surface area contributed by atoms with Gasteiger partial charge < -0.3 is 9.47 Å². The normalized spacial score (nSPS) is 19.8. The van der Waals surface area contributed by atoms with Crippen LogP contribution in [-0.2, 0) is 20.7 Å². The largest absolute Gasteiger partial charge is 0.468 e. The Balaban J connectivity index is 1.73. The number of hydrogen-bond acceptors (Lipinski definition) is 4. The first-order valence-electron chi connectivity index (χ1n) is 7.25. The second-order valence-corrected chi connectivity index (χ2v) is 5.09. The minimum atomic E-state index is -0.231. The number of rotatable bonds is 6. The highest BCUT2D eigenvalue weighted by atomic mass is 16.5. The van der Waals surface area contributed by atoms with Gasteiger partial charge in [-0.1, -0.05) is 30.3 Å². The first-order chi connectivity index (χ1) is 9.81. The van der Waals surface area contributed by atoms with Crippen molar-refractivity contribution < 1.29 is 14.3 Å². The predicted octanol–water partition coefficient (Wildman–Crippen LogP) is 1.88. The maximum atomic E-state index is 11.7. The third kappa shape index (κ3) is 4.32. The molecule has 1 aliphatic rings. The van der Waals surface area contributed by atoms with Gasteiger partial charge in [-0.3, -0.25) is 9.69 Å². The van der Waals surface area contributed by atoms with E-state index < -0.39 is 0 Å². The van der Waals surface area contributed by atoms with Crippen LogP contribution in [0.15, 0.2) is 30.3 Å². The van der Waals surface area contributed by atoms with Gasteiger partial charge in [-0.15, -0.1) is 0 Å². The lowest BCUT2D eigenvalue weighted by molar-refractivity contribution is -0.153. The second-order valence-electron chi connectivity index (χ2n) is 5.09. The molecule has 1 atom stereocenters. The molecule has 0 bridgehead atoms. The summed E-state index contributed by atoms with van der Waals surface area (Å²) >= 11 is 0. The fourth-order valence-electron chi connectivity index (χ4n) is 2.55. The molecule has 20 heavy (non-hydrogen) atoms. The van der Waals surface area contributed by atoms with Crippen molar-refractivity contribution in [3.63, 3.8) is 0 Å². The van der Waals surface area contributed by atoms with Crippen molar-refractivity contribution in [1.82, 2.24) is 4.90 Å². The standard InChI is InChI=1S/C16H23NO3/c1-19-16(18)15-13-20-12-11-17(15)10-6-5-9-14-7-3-2-4-8-14/h2-4,7-8,15H,5-6,9-13H2,1H3. The number of unbranched alkanes of at least 4 members (excludes halogenated alkanes) is 1. The molecule has 1 fully saturated rings. The van der Waals surface area contributed by atoms with Crippen LogP contribution in [0.2, 0.25) is 0 Å². The van der Waals surface area contributed by atoms with E-state index in [-0.39, 0.29) is 12.0 Å². The third-order valence-corrected chi connectivity index (χ3v) is 3.72. The van der Waals surface area contributed by atoms with Crippen LogP contribution in [0.1, 0.15) is 18.4 Å². The van der Waals surface area contributed by atoms with E-state index in [1.165, 1.54) is 12.7 Å². The van der Waals surface area contributed by atoms with Crippen molar-refractivity contribution in [3.05, 3.63) is 35.9 Å². The lowest BCUT2D eigenvalue weighted by atomic mass is 10.1. The molecule has 0 N–H and O–H groups in total. The molecule has 1 aromatic carbocycles. The Hall–Kier alpha value is -1.39. The summed E-state index contributed by atoms with van der Waals surface area (Å²) in [6.45, 7) is 2.89. The van der Waals surface area contributed by atoms with Gasteiger partial charge in [-0.25, -0.2) is 0 Å². The smallest absolute Gasteiger partial charge is 0.325 e. The second kappa shape index (κ2) is 8.02. The van der Waals surface area contributed by atoms with E-state index >= 15 is 0 Å². The summed E-state index contributed by atoms with van der Waals surface area (Å²) in [6, 6.07) is 10.3. The van der Waals surface area contributed by atoms with Gasteiger partial charge in [0, 0.05) is 6.54 Å². The number of hydrogen-bond donors (Lipinski definition) is 0. The monoisotopic (exact) mass is 277 g/mol. The van der Waals surface area contributed by atoms with Gasteiger partial charge in [0.1, 0.15) is 6.04 Å². The highest BCUT2D eigenvalue weighted by molar-refractivity contribution is 5.75. The molecule has 0 radical (unpaired) electrons. The lowest BCUT2D eigenvalue weighted by Gasteiger charge is -2.33. The lowest BCUT2D eigenvalue weighted by Crippen LogP contribution is -2.50. The fraction of sp³-hybridized carbons (Fsp3) is 0.562. The van der Waals surface area contributed by atoms with Crippen molar-refractivity contribution in [2.75, 3.05) is 33.4 Å². The topological polar surface area (TPSA) is 38.8 Å². The van der Waals surface area contributed by atoms with Gasteiger partial charge in [0.25, 0.3) is 0 Å². The van der Waals surface area contributed by atoms with Crippen LogP contribution >= 0.6 is 0 Å². The SMILES string of the molecule is COC(=O)C1COCCN1CCCCc1ccccc1. The van der Waals surface area contributed by atoms with Crippen LogP contribution in [-0.4, -0.2) is 50.3 Å². The summed E-state index contributed by atoms with van der Waals surface area (Å²) in [6.07, 6.45) is 3.31. The Kier molecular flexibility index (Phi) is 6.02. The van der Waals surface area contributed by atoms with E-state index in [2.05, 4.69) is 29.2 Å². The molecule has 1 aliphatic heterocycles. The Morgan fingerprint density at radius 2 is 2.15 bits per heavy atom. The molecule has 0 spiro atoms. The highest BCUT2D eigenvalue weighted by Crippen LogP contribution is 2.11. The molecular formula is C16H23NO3. The maximum Gasteiger partial charge on any atom is 0.325 e. The summed E-state index contributed by atoms with van der Waals surface area (Å²) in [5.74, 6) is -0.187. The van der Waals surface area contributed by atoms with Gasteiger partial charge in [-0.05, 0) is 31.4 Å². The van der Waals surface area contributed by atoms with E-state index in [4.69, 9.17) is 9.47 Å². The molecule has 1 aromatic rings. The molecule has 4 nitrogen and oxygen atoms in total. The van der Waals surface area contributed by atoms with Crippen molar-refractivity contribution in [2.24, 2.45) is 0 Å². The number of esters is 1.